The van der Waals surface area contributed by atoms with E-state index in [9.17, 15) is 4.79 Å². The average Bonchev–Trinajstić information content (AvgIpc) is 3.30. The van der Waals surface area contributed by atoms with Gasteiger partial charge in [0.1, 0.15) is 12.0 Å². The lowest BCUT2D eigenvalue weighted by atomic mass is 9.75. The number of nitrogens with zero attached hydrogens (tertiary/aromatic N) is 6. The molecule has 1 saturated heterocycles. The number of carbonyl (C=O) groups is 1. The summed E-state index contributed by atoms with van der Waals surface area (Å²) in [6, 6.07) is 5.31. The first-order valence-electron chi connectivity index (χ1n) is 9.51. The van der Waals surface area contributed by atoms with Gasteiger partial charge in [-0.1, -0.05) is 5.16 Å². The van der Waals surface area contributed by atoms with E-state index in [0.29, 0.717) is 37.1 Å². The molecular weight excluding hydrogens is 372 g/mol. The van der Waals surface area contributed by atoms with Crippen molar-refractivity contribution in [3.8, 4) is 11.5 Å². The van der Waals surface area contributed by atoms with E-state index in [1.165, 1.54) is 6.33 Å². The van der Waals surface area contributed by atoms with Gasteiger partial charge in [-0.3, -0.25) is 9.78 Å². The number of carbonyl (C=O) groups excluding carboxylic acids is 1. The van der Waals surface area contributed by atoms with Gasteiger partial charge in [0.05, 0.1) is 0 Å². The minimum absolute atomic E-state index is 0.0849. The van der Waals surface area contributed by atoms with Gasteiger partial charge in [-0.25, -0.2) is 9.97 Å². The van der Waals surface area contributed by atoms with Gasteiger partial charge in [0, 0.05) is 56.4 Å². The van der Waals surface area contributed by atoms with E-state index in [1.807, 2.05) is 17.0 Å². The lowest BCUT2D eigenvalue weighted by Crippen LogP contribution is -2.46. The minimum atomic E-state index is -0.298. The van der Waals surface area contributed by atoms with Crippen molar-refractivity contribution in [1.29, 1.82) is 0 Å². The highest BCUT2D eigenvalue weighted by Gasteiger charge is 2.41. The Morgan fingerprint density at radius 2 is 1.93 bits per heavy atom. The first-order valence-corrected chi connectivity index (χ1v) is 9.51. The SMILES string of the molecule is COCCC1(c2noc(-c3ccncc3)n2)CCN(C(=O)c2ccncn2)CC1. The van der Waals surface area contributed by atoms with Crippen molar-refractivity contribution in [2.45, 2.75) is 24.7 Å². The molecule has 3 aromatic heterocycles. The Morgan fingerprint density at radius 1 is 1.17 bits per heavy atom. The molecule has 0 spiro atoms. The fraction of sp³-hybridized carbons (Fsp3) is 0.400. The molecule has 0 atom stereocenters. The van der Waals surface area contributed by atoms with Crippen LogP contribution in [-0.4, -0.2) is 62.7 Å². The summed E-state index contributed by atoms with van der Waals surface area (Å²) in [6.45, 7) is 1.76. The Morgan fingerprint density at radius 3 is 2.62 bits per heavy atom. The normalized spacial score (nSPS) is 16.0. The van der Waals surface area contributed by atoms with Gasteiger partial charge in [0.15, 0.2) is 5.82 Å². The molecule has 0 aromatic carbocycles. The third-order valence-electron chi connectivity index (χ3n) is 5.42. The van der Waals surface area contributed by atoms with Crippen LogP contribution in [0.4, 0.5) is 0 Å². The van der Waals surface area contributed by atoms with Crippen LogP contribution in [0.25, 0.3) is 11.5 Å². The van der Waals surface area contributed by atoms with Crippen molar-refractivity contribution in [1.82, 2.24) is 30.0 Å². The number of likely N-dealkylation sites (tertiary alicyclic amines) is 1. The molecule has 29 heavy (non-hydrogen) atoms. The Balaban J connectivity index is 1.53. The molecule has 4 rings (SSSR count). The van der Waals surface area contributed by atoms with Crippen LogP contribution in [0.15, 0.2) is 47.6 Å². The molecule has 0 aliphatic carbocycles. The zero-order chi connectivity index (χ0) is 20.1. The van der Waals surface area contributed by atoms with Crippen LogP contribution in [0.1, 0.15) is 35.6 Å². The maximum Gasteiger partial charge on any atom is 0.272 e. The van der Waals surface area contributed by atoms with Crippen LogP contribution < -0.4 is 0 Å². The van der Waals surface area contributed by atoms with Gasteiger partial charge in [-0.05, 0) is 37.5 Å². The number of hydrogen-bond acceptors (Lipinski definition) is 8. The van der Waals surface area contributed by atoms with Crippen LogP contribution >= 0.6 is 0 Å². The Labute approximate surface area is 168 Å². The quantitative estimate of drug-likeness (QED) is 0.626. The maximum absolute atomic E-state index is 12.7. The van der Waals surface area contributed by atoms with E-state index in [1.54, 1.807) is 31.8 Å². The fourth-order valence-electron chi connectivity index (χ4n) is 3.65. The van der Waals surface area contributed by atoms with Crippen molar-refractivity contribution < 1.29 is 14.1 Å². The Kier molecular flexibility index (Phi) is 5.57. The molecule has 150 valence electrons. The third-order valence-corrected chi connectivity index (χ3v) is 5.42. The lowest BCUT2D eigenvalue weighted by molar-refractivity contribution is 0.0610. The van der Waals surface area contributed by atoms with Crippen LogP contribution in [-0.2, 0) is 10.2 Å². The van der Waals surface area contributed by atoms with Gasteiger partial charge < -0.3 is 14.2 Å². The molecule has 1 amide bonds. The molecule has 0 bridgehead atoms. The summed E-state index contributed by atoms with van der Waals surface area (Å²) in [7, 11) is 1.68. The second kappa shape index (κ2) is 8.44. The highest BCUT2D eigenvalue weighted by atomic mass is 16.5. The minimum Gasteiger partial charge on any atom is -0.385 e. The molecule has 9 nitrogen and oxygen atoms in total. The van der Waals surface area contributed by atoms with Gasteiger partial charge in [-0.2, -0.15) is 4.98 Å². The van der Waals surface area contributed by atoms with Gasteiger partial charge in [0.25, 0.3) is 11.8 Å². The lowest BCUT2D eigenvalue weighted by Gasteiger charge is -2.39. The van der Waals surface area contributed by atoms with E-state index in [2.05, 4.69) is 25.1 Å². The van der Waals surface area contributed by atoms with Gasteiger partial charge >= 0.3 is 0 Å². The van der Waals surface area contributed by atoms with Crippen molar-refractivity contribution in [3.05, 3.63) is 54.6 Å². The largest absolute Gasteiger partial charge is 0.385 e. The summed E-state index contributed by atoms with van der Waals surface area (Å²) in [5.41, 5.74) is 0.939. The molecule has 0 radical (unpaired) electrons. The molecule has 0 saturated carbocycles. The fourth-order valence-corrected chi connectivity index (χ4v) is 3.65. The standard InChI is InChI=1S/C20H22N6O3/c1-28-13-7-20(19-24-17(29-25-19)15-2-8-21-9-3-15)5-11-26(12-6-20)18(27)16-4-10-22-14-23-16/h2-4,8-10,14H,5-7,11-13H2,1H3. The van der Waals surface area contributed by atoms with Crippen molar-refractivity contribution in [2.24, 2.45) is 0 Å². The summed E-state index contributed by atoms with van der Waals surface area (Å²) in [4.78, 5) is 31.2. The molecule has 3 aromatic rings. The highest BCUT2D eigenvalue weighted by Crippen LogP contribution is 2.38. The molecule has 0 unspecified atom stereocenters. The second-order valence-corrected chi connectivity index (χ2v) is 7.07. The topological polar surface area (TPSA) is 107 Å². The molecule has 1 aliphatic heterocycles. The number of piperidine rings is 1. The zero-order valence-electron chi connectivity index (χ0n) is 16.2. The smallest absolute Gasteiger partial charge is 0.272 e. The number of amides is 1. The van der Waals surface area contributed by atoms with E-state index in [-0.39, 0.29) is 11.3 Å². The number of ether oxygens (including phenoxy) is 1. The Hall–Kier alpha value is -3.20. The van der Waals surface area contributed by atoms with Crippen molar-refractivity contribution in [2.75, 3.05) is 26.8 Å². The number of pyridine rings is 1. The molecular formula is C20H22N6O3. The first kappa shape index (κ1) is 19.1. The highest BCUT2D eigenvalue weighted by molar-refractivity contribution is 5.92. The summed E-state index contributed by atoms with van der Waals surface area (Å²) in [5, 5.41) is 4.28. The van der Waals surface area contributed by atoms with Crippen LogP contribution in [0.5, 0.6) is 0 Å². The van der Waals surface area contributed by atoms with E-state index in [0.717, 1.165) is 24.8 Å². The second-order valence-electron chi connectivity index (χ2n) is 7.07. The summed E-state index contributed by atoms with van der Waals surface area (Å²) >= 11 is 0. The van der Waals surface area contributed by atoms with Gasteiger partial charge in [-0.15, -0.1) is 0 Å². The summed E-state index contributed by atoms with van der Waals surface area (Å²) in [5.74, 6) is 1.05. The van der Waals surface area contributed by atoms with Crippen LogP contribution in [0.2, 0.25) is 0 Å². The number of hydrogen-bond donors (Lipinski definition) is 0. The van der Waals surface area contributed by atoms with E-state index < -0.39 is 0 Å². The van der Waals surface area contributed by atoms with Gasteiger partial charge in [0.2, 0.25) is 0 Å². The molecule has 0 N–H and O–H groups in total. The third kappa shape index (κ3) is 4.00. The monoisotopic (exact) mass is 394 g/mol. The van der Waals surface area contributed by atoms with E-state index >= 15 is 0 Å². The number of rotatable bonds is 6. The van der Waals surface area contributed by atoms with E-state index in [4.69, 9.17) is 9.26 Å². The maximum atomic E-state index is 12.7. The Bertz CT molecular complexity index is 939. The number of methoxy groups -OCH3 is 1. The summed E-state index contributed by atoms with van der Waals surface area (Å²) in [6.07, 6.45) is 8.56. The van der Waals surface area contributed by atoms with Crippen LogP contribution in [0, 0.1) is 0 Å². The molecule has 4 heterocycles. The molecule has 9 heteroatoms. The first-order chi connectivity index (χ1) is 14.2. The zero-order valence-corrected chi connectivity index (χ0v) is 16.2. The van der Waals surface area contributed by atoms with Crippen molar-refractivity contribution >= 4 is 5.91 Å². The summed E-state index contributed by atoms with van der Waals surface area (Å²) < 4.78 is 10.9. The predicted octanol–water partition coefficient (Wildman–Crippen LogP) is 2.13. The molecule has 1 aliphatic rings. The molecule has 1 fully saturated rings. The van der Waals surface area contributed by atoms with Crippen molar-refractivity contribution in [3.63, 3.8) is 0 Å². The number of aromatic nitrogens is 5. The average molecular weight is 394 g/mol. The predicted molar refractivity (Wildman–Crippen MR) is 103 cm³/mol. The van der Waals surface area contributed by atoms with Crippen LogP contribution in [0.3, 0.4) is 0 Å².